The van der Waals surface area contributed by atoms with E-state index in [0.717, 1.165) is 18.8 Å². The van der Waals surface area contributed by atoms with Gasteiger partial charge in [0.1, 0.15) is 4.90 Å². The van der Waals surface area contributed by atoms with Gasteiger partial charge in [-0.15, -0.1) is 0 Å². The maximum atomic E-state index is 13.1. The van der Waals surface area contributed by atoms with Crippen LogP contribution in [0.3, 0.4) is 0 Å². The van der Waals surface area contributed by atoms with Crippen LogP contribution in [0.2, 0.25) is 5.02 Å². The first-order chi connectivity index (χ1) is 14.9. The van der Waals surface area contributed by atoms with E-state index in [0.29, 0.717) is 31.9 Å². The Bertz CT molecular complexity index is 1060. The predicted molar refractivity (Wildman–Crippen MR) is 120 cm³/mol. The second kappa shape index (κ2) is 9.16. The zero-order valence-corrected chi connectivity index (χ0v) is 19.0. The fourth-order valence-electron chi connectivity index (χ4n) is 3.94. The maximum absolute atomic E-state index is 13.1. The smallest absolute Gasteiger partial charge is 0.254 e. The Hall–Kier alpha value is -2.13. The molecule has 2 aliphatic rings. The van der Waals surface area contributed by atoms with Crippen molar-refractivity contribution in [2.75, 3.05) is 57.4 Å². The SMILES string of the molecule is Cc1cccc(N2CCN(C(=O)c3ccc(Cl)c(S(=O)(=O)N4CCOCC4)c3)CC2)c1. The zero-order valence-electron chi connectivity index (χ0n) is 17.5. The summed E-state index contributed by atoms with van der Waals surface area (Å²) in [6.45, 7) is 5.90. The molecule has 0 unspecified atom stereocenters. The average molecular weight is 464 g/mol. The van der Waals surface area contributed by atoms with Gasteiger partial charge in [-0.1, -0.05) is 23.7 Å². The lowest BCUT2D eigenvalue weighted by Crippen LogP contribution is -2.48. The van der Waals surface area contributed by atoms with Gasteiger partial charge in [-0.05, 0) is 42.8 Å². The van der Waals surface area contributed by atoms with E-state index in [-0.39, 0.29) is 28.9 Å². The van der Waals surface area contributed by atoms with Crippen molar-refractivity contribution in [2.45, 2.75) is 11.8 Å². The first-order valence-electron chi connectivity index (χ1n) is 10.3. The number of sulfonamides is 1. The summed E-state index contributed by atoms with van der Waals surface area (Å²) >= 11 is 6.22. The quantitative estimate of drug-likeness (QED) is 0.697. The summed E-state index contributed by atoms with van der Waals surface area (Å²) in [6, 6.07) is 12.8. The van der Waals surface area contributed by atoms with Crippen LogP contribution < -0.4 is 4.90 Å². The summed E-state index contributed by atoms with van der Waals surface area (Å²) in [4.78, 5) is 17.1. The summed E-state index contributed by atoms with van der Waals surface area (Å²) in [5, 5.41) is 0.118. The molecule has 2 saturated heterocycles. The normalized spacial score (nSPS) is 18.3. The Morgan fingerprint density at radius 3 is 2.35 bits per heavy atom. The number of benzene rings is 2. The van der Waals surface area contributed by atoms with Crippen molar-refractivity contribution in [3.8, 4) is 0 Å². The van der Waals surface area contributed by atoms with E-state index < -0.39 is 10.0 Å². The summed E-state index contributed by atoms with van der Waals surface area (Å²) in [5.74, 6) is -0.181. The van der Waals surface area contributed by atoms with Crippen LogP contribution in [0.5, 0.6) is 0 Å². The molecule has 1 amide bonds. The van der Waals surface area contributed by atoms with Gasteiger partial charge >= 0.3 is 0 Å². The third-order valence-electron chi connectivity index (χ3n) is 5.70. The lowest BCUT2D eigenvalue weighted by atomic mass is 10.1. The first-order valence-corrected chi connectivity index (χ1v) is 12.2. The van der Waals surface area contributed by atoms with Gasteiger partial charge in [0.05, 0.1) is 18.2 Å². The highest BCUT2D eigenvalue weighted by Crippen LogP contribution is 2.27. The van der Waals surface area contributed by atoms with Crippen molar-refractivity contribution in [3.05, 3.63) is 58.6 Å². The van der Waals surface area contributed by atoms with Gasteiger partial charge in [-0.25, -0.2) is 8.42 Å². The minimum Gasteiger partial charge on any atom is -0.379 e. The Balaban J connectivity index is 1.49. The number of anilines is 1. The van der Waals surface area contributed by atoms with Gasteiger partial charge in [0, 0.05) is 50.5 Å². The van der Waals surface area contributed by atoms with Crippen LogP contribution in [-0.4, -0.2) is 76.0 Å². The molecular formula is C22H26ClN3O4S. The van der Waals surface area contributed by atoms with Crippen LogP contribution in [0.25, 0.3) is 0 Å². The minimum atomic E-state index is -3.79. The fourth-order valence-corrected chi connectivity index (χ4v) is 5.84. The number of ether oxygens (including phenoxy) is 1. The largest absolute Gasteiger partial charge is 0.379 e. The molecule has 4 rings (SSSR count). The number of amides is 1. The number of aryl methyl sites for hydroxylation is 1. The fraction of sp³-hybridized carbons (Fsp3) is 0.409. The van der Waals surface area contributed by atoms with Gasteiger partial charge in [0.2, 0.25) is 10.0 Å². The molecule has 2 aromatic carbocycles. The molecule has 31 heavy (non-hydrogen) atoms. The van der Waals surface area contributed by atoms with E-state index in [1.54, 1.807) is 11.0 Å². The molecule has 2 aromatic rings. The van der Waals surface area contributed by atoms with Crippen molar-refractivity contribution in [2.24, 2.45) is 0 Å². The number of piperazine rings is 1. The molecule has 0 N–H and O–H groups in total. The first kappa shape index (κ1) is 22.1. The van der Waals surface area contributed by atoms with Crippen molar-refractivity contribution < 1.29 is 17.9 Å². The Morgan fingerprint density at radius 1 is 0.968 bits per heavy atom. The molecule has 0 atom stereocenters. The molecule has 2 fully saturated rings. The van der Waals surface area contributed by atoms with E-state index in [1.165, 1.54) is 22.0 Å². The molecule has 9 heteroatoms. The number of carbonyl (C=O) groups is 1. The van der Waals surface area contributed by atoms with Crippen molar-refractivity contribution in [1.29, 1.82) is 0 Å². The number of nitrogens with zero attached hydrogens (tertiary/aromatic N) is 3. The molecule has 0 radical (unpaired) electrons. The molecule has 0 aliphatic carbocycles. The van der Waals surface area contributed by atoms with Crippen molar-refractivity contribution >= 4 is 33.2 Å². The highest BCUT2D eigenvalue weighted by molar-refractivity contribution is 7.89. The van der Waals surface area contributed by atoms with Crippen LogP contribution >= 0.6 is 11.6 Å². The summed E-state index contributed by atoms with van der Waals surface area (Å²) in [6.07, 6.45) is 0. The second-order valence-electron chi connectivity index (χ2n) is 7.78. The van der Waals surface area contributed by atoms with Gasteiger partial charge in [-0.3, -0.25) is 4.79 Å². The minimum absolute atomic E-state index is 0.0275. The third-order valence-corrected chi connectivity index (χ3v) is 8.08. The van der Waals surface area contributed by atoms with Gasteiger partial charge < -0.3 is 14.5 Å². The number of hydrogen-bond acceptors (Lipinski definition) is 5. The number of halogens is 1. The molecule has 0 saturated carbocycles. The predicted octanol–water partition coefficient (Wildman–Crippen LogP) is 2.63. The van der Waals surface area contributed by atoms with Crippen LogP contribution in [-0.2, 0) is 14.8 Å². The van der Waals surface area contributed by atoms with Crippen LogP contribution in [0, 0.1) is 6.92 Å². The average Bonchev–Trinajstić information content (AvgIpc) is 2.79. The van der Waals surface area contributed by atoms with Gasteiger partial charge in [0.25, 0.3) is 5.91 Å². The number of carbonyl (C=O) groups excluding carboxylic acids is 1. The van der Waals surface area contributed by atoms with E-state index in [9.17, 15) is 13.2 Å². The summed E-state index contributed by atoms with van der Waals surface area (Å²) in [5.41, 5.74) is 2.68. The number of hydrogen-bond donors (Lipinski definition) is 0. The third kappa shape index (κ3) is 4.72. The Morgan fingerprint density at radius 2 is 1.68 bits per heavy atom. The second-order valence-corrected chi connectivity index (χ2v) is 10.1. The molecular weight excluding hydrogens is 438 g/mol. The van der Waals surface area contributed by atoms with Crippen molar-refractivity contribution in [1.82, 2.24) is 9.21 Å². The Labute approximate surface area is 188 Å². The molecule has 2 aliphatic heterocycles. The molecule has 0 aromatic heterocycles. The summed E-state index contributed by atoms with van der Waals surface area (Å²) < 4.78 is 32.7. The summed E-state index contributed by atoms with van der Waals surface area (Å²) in [7, 11) is -3.79. The lowest BCUT2D eigenvalue weighted by molar-refractivity contribution is 0.0729. The molecule has 166 valence electrons. The maximum Gasteiger partial charge on any atom is 0.254 e. The van der Waals surface area contributed by atoms with E-state index >= 15 is 0 Å². The lowest BCUT2D eigenvalue weighted by Gasteiger charge is -2.36. The number of rotatable bonds is 4. The monoisotopic (exact) mass is 463 g/mol. The van der Waals surface area contributed by atoms with Crippen LogP contribution in [0.1, 0.15) is 15.9 Å². The number of morpholine rings is 1. The van der Waals surface area contributed by atoms with Crippen LogP contribution in [0.4, 0.5) is 5.69 Å². The standard InChI is InChI=1S/C22H26ClN3O4S/c1-17-3-2-4-19(15-17)24-7-9-25(10-8-24)22(27)18-5-6-20(23)21(16-18)31(28,29)26-11-13-30-14-12-26/h2-6,15-16H,7-14H2,1H3. The molecule has 0 bridgehead atoms. The molecule has 7 nitrogen and oxygen atoms in total. The van der Waals surface area contributed by atoms with Crippen molar-refractivity contribution in [3.63, 3.8) is 0 Å². The molecule has 0 spiro atoms. The molecule has 2 heterocycles. The highest BCUT2D eigenvalue weighted by atomic mass is 35.5. The van der Waals surface area contributed by atoms with E-state index in [4.69, 9.17) is 16.3 Å². The van der Waals surface area contributed by atoms with Gasteiger partial charge in [0.15, 0.2) is 0 Å². The zero-order chi connectivity index (χ0) is 22.0. The van der Waals surface area contributed by atoms with E-state index in [2.05, 4.69) is 30.0 Å². The van der Waals surface area contributed by atoms with Gasteiger partial charge in [-0.2, -0.15) is 4.31 Å². The van der Waals surface area contributed by atoms with Crippen LogP contribution in [0.15, 0.2) is 47.4 Å². The Kier molecular flexibility index (Phi) is 6.52. The van der Waals surface area contributed by atoms with E-state index in [1.807, 2.05) is 6.07 Å². The topological polar surface area (TPSA) is 70.2 Å². The highest BCUT2D eigenvalue weighted by Gasteiger charge is 2.30.